The molecule has 0 atom stereocenters. The Balaban J connectivity index is 2.33. The number of fused-ring (bicyclic) bond motifs is 1. The highest BCUT2D eigenvalue weighted by Gasteiger charge is 2.10. The molecule has 2 heteroatoms. The van der Waals surface area contributed by atoms with Crippen LogP contribution in [0.15, 0.2) is 36.4 Å². The maximum atomic E-state index is 12.2. The van der Waals surface area contributed by atoms with Gasteiger partial charge in [-0.3, -0.25) is 4.79 Å². The lowest BCUT2D eigenvalue weighted by Gasteiger charge is -2.08. The Bertz CT molecular complexity index is 560. The van der Waals surface area contributed by atoms with Gasteiger partial charge in [0.2, 0.25) is 0 Å². The van der Waals surface area contributed by atoms with Gasteiger partial charge in [-0.05, 0) is 35.4 Å². The number of rotatable bonds is 5. The van der Waals surface area contributed by atoms with E-state index >= 15 is 0 Å². The lowest BCUT2D eigenvalue weighted by molar-refractivity contribution is 0.102. The molecule has 0 heterocycles. The molecule has 1 nitrogen and oxygen atoms in total. The standard InChI is InChI=1S/C16H18OS/c1-3-10-18-11-16(17)15-9-8-12(2)13-6-4-5-7-14(13)15/h4-9H,3,10-11H2,1-2H3. The molecule has 0 saturated carbocycles. The van der Waals surface area contributed by atoms with Gasteiger partial charge in [0.05, 0.1) is 5.75 Å². The number of ketones is 1. The van der Waals surface area contributed by atoms with Crippen LogP contribution in [0.1, 0.15) is 29.3 Å². The van der Waals surface area contributed by atoms with Crippen LogP contribution in [0.5, 0.6) is 0 Å². The van der Waals surface area contributed by atoms with Crippen LogP contribution >= 0.6 is 11.8 Å². The van der Waals surface area contributed by atoms with Crippen LogP contribution in [0.2, 0.25) is 0 Å². The van der Waals surface area contributed by atoms with E-state index in [0.29, 0.717) is 5.75 Å². The predicted octanol–water partition coefficient (Wildman–Crippen LogP) is 4.47. The molecule has 2 rings (SSSR count). The molecule has 0 fully saturated rings. The Kier molecular flexibility index (Phi) is 4.43. The number of benzene rings is 2. The van der Waals surface area contributed by atoms with Crippen molar-refractivity contribution in [2.75, 3.05) is 11.5 Å². The summed E-state index contributed by atoms with van der Waals surface area (Å²) in [7, 11) is 0. The minimum absolute atomic E-state index is 0.240. The molecule has 18 heavy (non-hydrogen) atoms. The first-order chi connectivity index (χ1) is 8.74. The zero-order valence-electron chi connectivity index (χ0n) is 10.9. The van der Waals surface area contributed by atoms with Crippen molar-refractivity contribution in [1.29, 1.82) is 0 Å². The summed E-state index contributed by atoms with van der Waals surface area (Å²) < 4.78 is 0. The summed E-state index contributed by atoms with van der Waals surface area (Å²) in [5, 5.41) is 2.27. The topological polar surface area (TPSA) is 17.1 Å². The Morgan fingerprint density at radius 2 is 1.83 bits per heavy atom. The second kappa shape index (κ2) is 6.05. The molecular formula is C16H18OS. The van der Waals surface area contributed by atoms with Gasteiger partial charge in [-0.2, -0.15) is 11.8 Å². The average molecular weight is 258 g/mol. The van der Waals surface area contributed by atoms with Crippen molar-refractivity contribution in [3.8, 4) is 0 Å². The maximum Gasteiger partial charge on any atom is 0.173 e. The van der Waals surface area contributed by atoms with Crippen LogP contribution in [0.25, 0.3) is 10.8 Å². The van der Waals surface area contributed by atoms with E-state index in [2.05, 4.69) is 19.9 Å². The molecule has 0 N–H and O–H groups in total. The molecule has 0 aromatic heterocycles. The monoisotopic (exact) mass is 258 g/mol. The predicted molar refractivity (Wildman–Crippen MR) is 80.6 cm³/mol. The number of carbonyl (C=O) groups excluding carboxylic acids is 1. The third-order valence-corrected chi connectivity index (χ3v) is 4.19. The summed E-state index contributed by atoms with van der Waals surface area (Å²) in [6.07, 6.45) is 1.12. The van der Waals surface area contributed by atoms with Gasteiger partial charge in [-0.15, -0.1) is 0 Å². The minimum Gasteiger partial charge on any atom is -0.293 e. The van der Waals surface area contributed by atoms with Crippen LogP contribution < -0.4 is 0 Å². The fourth-order valence-corrected chi connectivity index (χ4v) is 2.85. The van der Waals surface area contributed by atoms with Crippen molar-refractivity contribution in [2.45, 2.75) is 20.3 Å². The normalized spacial score (nSPS) is 10.8. The fraction of sp³-hybridized carbons (Fsp3) is 0.312. The van der Waals surface area contributed by atoms with E-state index in [1.54, 1.807) is 11.8 Å². The Morgan fingerprint density at radius 3 is 2.56 bits per heavy atom. The molecule has 0 spiro atoms. The Morgan fingerprint density at radius 1 is 1.11 bits per heavy atom. The van der Waals surface area contributed by atoms with Gasteiger partial charge in [0, 0.05) is 5.56 Å². The third-order valence-electron chi connectivity index (χ3n) is 3.02. The van der Waals surface area contributed by atoms with Crippen molar-refractivity contribution in [1.82, 2.24) is 0 Å². The van der Waals surface area contributed by atoms with Gasteiger partial charge >= 0.3 is 0 Å². The molecule has 94 valence electrons. The molecule has 2 aromatic carbocycles. The van der Waals surface area contributed by atoms with E-state index in [-0.39, 0.29) is 5.78 Å². The van der Waals surface area contributed by atoms with Crippen molar-refractivity contribution >= 4 is 28.3 Å². The smallest absolute Gasteiger partial charge is 0.173 e. The Labute approximate surface area is 113 Å². The van der Waals surface area contributed by atoms with Crippen LogP contribution in [-0.2, 0) is 0 Å². The largest absolute Gasteiger partial charge is 0.293 e. The molecule has 2 aromatic rings. The van der Waals surface area contributed by atoms with E-state index in [9.17, 15) is 4.79 Å². The van der Waals surface area contributed by atoms with E-state index in [1.165, 1.54) is 10.9 Å². The van der Waals surface area contributed by atoms with E-state index in [0.717, 1.165) is 23.1 Å². The van der Waals surface area contributed by atoms with Crippen LogP contribution in [0.3, 0.4) is 0 Å². The minimum atomic E-state index is 0.240. The summed E-state index contributed by atoms with van der Waals surface area (Å²) in [5.41, 5.74) is 2.09. The van der Waals surface area contributed by atoms with Crippen LogP contribution in [0.4, 0.5) is 0 Å². The van der Waals surface area contributed by atoms with E-state index in [1.807, 2.05) is 30.3 Å². The van der Waals surface area contributed by atoms with E-state index in [4.69, 9.17) is 0 Å². The molecule has 0 amide bonds. The fourth-order valence-electron chi connectivity index (χ4n) is 2.08. The number of aryl methyl sites for hydroxylation is 1. The molecule has 0 aliphatic rings. The first-order valence-corrected chi connectivity index (χ1v) is 7.48. The number of hydrogen-bond acceptors (Lipinski definition) is 2. The van der Waals surface area contributed by atoms with Crippen molar-refractivity contribution < 1.29 is 4.79 Å². The lowest BCUT2D eigenvalue weighted by atomic mass is 9.98. The summed E-state index contributed by atoms with van der Waals surface area (Å²) >= 11 is 1.72. The van der Waals surface area contributed by atoms with Gasteiger partial charge in [0.15, 0.2) is 5.78 Å². The summed E-state index contributed by atoms with van der Waals surface area (Å²) in [6, 6.07) is 12.2. The number of thioether (sulfide) groups is 1. The second-order valence-electron chi connectivity index (χ2n) is 4.45. The molecule has 0 radical (unpaired) electrons. The zero-order chi connectivity index (χ0) is 13.0. The van der Waals surface area contributed by atoms with Crippen LogP contribution in [-0.4, -0.2) is 17.3 Å². The number of hydrogen-bond donors (Lipinski definition) is 0. The number of carbonyl (C=O) groups is 1. The molecule has 0 aliphatic heterocycles. The molecular weight excluding hydrogens is 240 g/mol. The van der Waals surface area contributed by atoms with Gasteiger partial charge < -0.3 is 0 Å². The van der Waals surface area contributed by atoms with E-state index < -0.39 is 0 Å². The maximum absolute atomic E-state index is 12.2. The molecule has 0 bridgehead atoms. The summed E-state index contributed by atoms with van der Waals surface area (Å²) in [6.45, 7) is 4.22. The van der Waals surface area contributed by atoms with Crippen molar-refractivity contribution in [2.24, 2.45) is 0 Å². The van der Waals surface area contributed by atoms with Gasteiger partial charge in [-0.25, -0.2) is 0 Å². The van der Waals surface area contributed by atoms with Gasteiger partial charge in [0.25, 0.3) is 0 Å². The third kappa shape index (κ3) is 2.75. The highest BCUT2D eigenvalue weighted by Crippen LogP contribution is 2.23. The first-order valence-electron chi connectivity index (χ1n) is 6.33. The SMILES string of the molecule is CCCSCC(=O)c1ccc(C)c2ccccc12. The van der Waals surface area contributed by atoms with Crippen LogP contribution in [0, 0.1) is 6.92 Å². The van der Waals surface area contributed by atoms with Gasteiger partial charge in [-0.1, -0.05) is 43.3 Å². The van der Waals surface area contributed by atoms with Gasteiger partial charge in [0.1, 0.15) is 0 Å². The Hall–Kier alpha value is -1.28. The number of Topliss-reactive ketones (excluding diaryl/α,β-unsaturated/α-hetero) is 1. The molecule has 0 unspecified atom stereocenters. The highest BCUT2D eigenvalue weighted by atomic mass is 32.2. The first kappa shape index (κ1) is 13.2. The molecule has 0 saturated heterocycles. The zero-order valence-corrected chi connectivity index (χ0v) is 11.7. The van der Waals surface area contributed by atoms with Crippen molar-refractivity contribution in [3.63, 3.8) is 0 Å². The average Bonchev–Trinajstić information content (AvgIpc) is 2.39. The lowest BCUT2D eigenvalue weighted by Crippen LogP contribution is -2.04. The quantitative estimate of drug-likeness (QED) is 0.581. The summed E-state index contributed by atoms with van der Waals surface area (Å²) in [4.78, 5) is 12.2. The van der Waals surface area contributed by atoms with Crippen molar-refractivity contribution in [3.05, 3.63) is 47.5 Å². The molecule has 0 aliphatic carbocycles. The highest BCUT2D eigenvalue weighted by molar-refractivity contribution is 7.99. The summed E-state index contributed by atoms with van der Waals surface area (Å²) in [5.74, 6) is 1.88. The second-order valence-corrected chi connectivity index (χ2v) is 5.56.